The molecule has 1 saturated heterocycles. The maximum absolute atomic E-state index is 13.4. The van der Waals surface area contributed by atoms with E-state index in [2.05, 4.69) is 5.32 Å². The lowest BCUT2D eigenvalue weighted by atomic mass is 10.0. The standard InChI is InChI=1S/C13H13F2NO4/c14-8-2-1-7(10(15)4-8)3-12(17)16-11-6-20-5-9(11)13(18)19/h1-2,4,9,11H,3,5-6H2,(H,16,17)(H,18,19). The van der Waals surface area contributed by atoms with Crippen molar-refractivity contribution in [1.29, 1.82) is 0 Å². The van der Waals surface area contributed by atoms with Crippen LogP contribution in [0, 0.1) is 17.6 Å². The van der Waals surface area contributed by atoms with Gasteiger partial charge in [-0.1, -0.05) is 6.07 Å². The average Bonchev–Trinajstić information content (AvgIpc) is 2.81. The Balaban J connectivity index is 1.97. The Morgan fingerprint density at radius 1 is 1.35 bits per heavy atom. The topological polar surface area (TPSA) is 75.6 Å². The number of nitrogens with one attached hydrogen (secondary N) is 1. The van der Waals surface area contributed by atoms with E-state index in [9.17, 15) is 18.4 Å². The molecule has 2 atom stereocenters. The monoisotopic (exact) mass is 285 g/mol. The Morgan fingerprint density at radius 2 is 2.10 bits per heavy atom. The Morgan fingerprint density at radius 3 is 2.75 bits per heavy atom. The number of amides is 1. The highest BCUT2D eigenvalue weighted by Crippen LogP contribution is 2.15. The Bertz CT molecular complexity index is 535. The van der Waals surface area contributed by atoms with Gasteiger partial charge >= 0.3 is 5.97 Å². The zero-order valence-electron chi connectivity index (χ0n) is 10.4. The first-order chi connectivity index (χ1) is 9.47. The van der Waals surface area contributed by atoms with Gasteiger partial charge in [0.2, 0.25) is 5.91 Å². The first kappa shape index (κ1) is 14.4. The van der Waals surface area contributed by atoms with Crippen LogP contribution in [0.15, 0.2) is 18.2 Å². The van der Waals surface area contributed by atoms with Gasteiger partial charge in [0.1, 0.15) is 17.6 Å². The molecule has 2 rings (SSSR count). The summed E-state index contributed by atoms with van der Waals surface area (Å²) in [5, 5.41) is 11.4. The molecule has 5 nitrogen and oxygen atoms in total. The summed E-state index contributed by atoms with van der Waals surface area (Å²) < 4.78 is 31.1. The van der Waals surface area contributed by atoms with Crippen LogP contribution < -0.4 is 5.32 Å². The molecule has 0 bridgehead atoms. The van der Waals surface area contributed by atoms with Gasteiger partial charge in [0.05, 0.1) is 25.7 Å². The highest BCUT2D eigenvalue weighted by atomic mass is 19.1. The maximum atomic E-state index is 13.4. The molecule has 1 aromatic carbocycles. The summed E-state index contributed by atoms with van der Waals surface area (Å²) in [5.41, 5.74) is 0.0506. The minimum atomic E-state index is -1.05. The number of rotatable bonds is 4. The summed E-state index contributed by atoms with van der Waals surface area (Å²) in [6.07, 6.45) is -0.283. The molecule has 1 fully saturated rings. The normalized spacial score (nSPS) is 21.7. The molecule has 2 unspecified atom stereocenters. The molecule has 1 amide bonds. The molecular formula is C13H13F2NO4. The number of ether oxygens (including phenoxy) is 1. The second kappa shape index (κ2) is 5.96. The van der Waals surface area contributed by atoms with E-state index in [-0.39, 0.29) is 25.2 Å². The van der Waals surface area contributed by atoms with Crippen LogP contribution in [0.25, 0.3) is 0 Å². The fourth-order valence-electron chi connectivity index (χ4n) is 2.04. The van der Waals surface area contributed by atoms with Crippen molar-refractivity contribution in [1.82, 2.24) is 5.32 Å². The summed E-state index contributed by atoms with van der Waals surface area (Å²) >= 11 is 0. The third-order valence-electron chi connectivity index (χ3n) is 3.11. The first-order valence-electron chi connectivity index (χ1n) is 6.01. The third kappa shape index (κ3) is 3.30. The number of carbonyl (C=O) groups is 2. The number of hydrogen-bond donors (Lipinski definition) is 2. The number of benzene rings is 1. The van der Waals surface area contributed by atoms with Gasteiger partial charge < -0.3 is 15.2 Å². The predicted octanol–water partition coefficient (Wildman–Crippen LogP) is 0.723. The van der Waals surface area contributed by atoms with Crippen LogP contribution in [0.4, 0.5) is 8.78 Å². The number of aliphatic carboxylic acids is 1. The zero-order chi connectivity index (χ0) is 14.7. The molecule has 2 N–H and O–H groups in total. The van der Waals surface area contributed by atoms with Gasteiger partial charge in [-0.2, -0.15) is 0 Å². The molecule has 0 radical (unpaired) electrons. The van der Waals surface area contributed by atoms with Gasteiger partial charge in [-0.15, -0.1) is 0 Å². The minimum absolute atomic E-state index is 0.0329. The SMILES string of the molecule is O=C(Cc1ccc(F)cc1F)NC1COCC1C(=O)O. The summed E-state index contributed by atoms with van der Waals surface area (Å²) in [6.45, 7) is 0.139. The van der Waals surface area contributed by atoms with E-state index >= 15 is 0 Å². The van der Waals surface area contributed by atoms with E-state index in [0.29, 0.717) is 6.07 Å². The molecule has 1 aliphatic rings. The van der Waals surface area contributed by atoms with Gasteiger partial charge in [0.15, 0.2) is 0 Å². The smallest absolute Gasteiger partial charge is 0.311 e. The molecule has 1 aliphatic heterocycles. The van der Waals surface area contributed by atoms with Crippen molar-refractivity contribution in [2.75, 3.05) is 13.2 Å². The molecule has 108 valence electrons. The molecule has 0 saturated carbocycles. The van der Waals surface area contributed by atoms with Gasteiger partial charge in [-0.05, 0) is 11.6 Å². The Hall–Kier alpha value is -2.02. The number of hydrogen-bond acceptors (Lipinski definition) is 3. The van der Waals surface area contributed by atoms with Crippen LogP contribution in [0.5, 0.6) is 0 Å². The largest absolute Gasteiger partial charge is 0.481 e. The molecular weight excluding hydrogens is 272 g/mol. The van der Waals surface area contributed by atoms with Crippen molar-refractivity contribution in [3.05, 3.63) is 35.4 Å². The van der Waals surface area contributed by atoms with Crippen molar-refractivity contribution in [3.8, 4) is 0 Å². The van der Waals surface area contributed by atoms with Crippen molar-refractivity contribution >= 4 is 11.9 Å². The molecule has 0 aliphatic carbocycles. The van der Waals surface area contributed by atoms with E-state index in [1.807, 2.05) is 0 Å². The lowest BCUT2D eigenvalue weighted by molar-refractivity contribution is -0.142. The van der Waals surface area contributed by atoms with Crippen LogP contribution in [-0.4, -0.2) is 36.2 Å². The number of carboxylic acids is 1. The second-order valence-electron chi connectivity index (χ2n) is 4.57. The number of carboxylic acid groups (broad SMARTS) is 1. The molecule has 20 heavy (non-hydrogen) atoms. The molecule has 7 heteroatoms. The molecule has 1 heterocycles. The fourth-order valence-corrected chi connectivity index (χ4v) is 2.04. The summed E-state index contributed by atoms with van der Waals surface area (Å²) in [5.74, 6) is -3.92. The van der Waals surface area contributed by atoms with Crippen LogP contribution in [0.2, 0.25) is 0 Å². The second-order valence-corrected chi connectivity index (χ2v) is 4.57. The van der Waals surface area contributed by atoms with Gasteiger partial charge in [0.25, 0.3) is 0 Å². The van der Waals surface area contributed by atoms with E-state index in [0.717, 1.165) is 6.07 Å². The lowest BCUT2D eigenvalue weighted by Gasteiger charge is -2.15. The van der Waals surface area contributed by atoms with Crippen molar-refractivity contribution < 1.29 is 28.2 Å². The highest BCUT2D eigenvalue weighted by Gasteiger charge is 2.35. The van der Waals surface area contributed by atoms with Crippen molar-refractivity contribution in [3.63, 3.8) is 0 Å². The maximum Gasteiger partial charge on any atom is 0.311 e. The number of carbonyl (C=O) groups excluding carboxylic acids is 1. The molecule has 0 aromatic heterocycles. The van der Waals surface area contributed by atoms with Crippen LogP contribution in [0.3, 0.4) is 0 Å². The summed E-state index contributed by atoms with van der Waals surface area (Å²) in [7, 11) is 0. The predicted molar refractivity (Wildman–Crippen MR) is 63.9 cm³/mol. The summed E-state index contributed by atoms with van der Waals surface area (Å²) in [4.78, 5) is 22.7. The van der Waals surface area contributed by atoms with E-state index in [4.69, 9.17) is 9.84 Å². The fraction of sp³-hybridized carbons (Fsp3) is 0.385. The van der Waals surface area contributed by atoms with Gasteiger partial charge in [-0.3, -0.25) is 9.59 Å². The van der Waals surface area contributed by atoms with E-state index < -0.39 is 35.5 Å². The van der Waals surface area contributed by atoms with Crippen LogP contribution >= 0.6 is 0 Å². The van der Waals surface area contributed by atoms with E-state index in [1.165, 1.54) is 6.07 Å². The Labute approximate surface area is 113 Å². The Kier molecular flexibility index (Phi) is 4.29. The third-order valence-corrected chi connectivity index (χ3v) is 3.11. The quantitative estimate of drug-likeness (QED) is 0.855. The van der Waals surface area contributed by atoms with E-state index in [1.54, 1.807) is 0 Å². The minimum Gasteiger partial charge on any atom is -0.481 e. The number of halogens is 2. The van der Waals surface area contributed by atoms with Crippen molar-refractivity contribution in [2.24, 2.45) is 5.92 Å². The summed E-state index contributed by atoms with van der Waals surface area (Å²) in [6, 6.07) is 2.30. The van der Waals surface area contributed by atoms with Crippen LogP contribution in [-0.2, 0) is 20.7 Å². The molecule has 0 spiro atoms. The molecule has 1 aromatic rings. The zero-order valence-corrected chi connectivity index (χ0v) is 10.4. The van der Waals surface area contributed by atoms with Crippen molar-refractivity contribution in [2.45, 2.75) is 12.5 Å². The highest BCUT2D eigenvalue weighted by molar-refractivity contribution is 5.80. The lowest BCUT2D eigenvalue weighted by Crippen LogP contribution is -2.43. The first-order valence-corrected chi connectivity index (χ1v) is 6.01. The van der Waals surface area contributed by atoms with Crippen LogP contribution in [0.1, 0.15) is 5.56 Å². The van der Waals surface area contributed by atoms with Gasteiger partial charge in [0, 0.05) is 6.07 Å². The van der Waals surface area contributed by atoms with Gasteiger partial charge in [-0.25, -0.2) is 8.78 Å². The average molecular weight is 285 g/mol.